The monoisotopic (exact) mass is 319 g/mol. The molecule has 0 aliphatic heterocycles. The lowest BCUT2D eigenvalue weighted by atomic mass is 10.3. The number of hydrogen-bond donors (Lipinski definition) is 1. The minimum atomic E-state index is -0.419. The molecule has 0 unspecified atom stereocenters. The van der Waals surface area contributed by atoms with Crippen LogP contribution in [0.15, 0.2) is 41.1 Å². The Labute approximate surface area is 132 Å². The molecule has 0 radical (unpaired) electrons. The fraction of sp³-hybridized carbons (Fsp3) is 0.250. The molecule has 0 spiro atoms. The third-order valence-electron chi connectivity index (χ3n) is 2.77. The van der Waals surface area contributed by atoms with E-state index < -0.39 is 5.97 Å². The topological polar surface area (TPSA) is 64.6 Å². The van der Waals surface area contributed by atoms with E-state index >= 15 is 0 Å². The van der Waals surface area contributed by atoms with Crippen molar-refractivity contribution in [1.82, 2.24) is 5.32 Å². The summed E-state index contributed by atoms with van der Waals surface area (Å²) in [5, 5.41) is 6.26. The Morgan fingerprint density at radius 1 is 1.18 bits per heavy atom. The van der Waals surface area contributed by atoms with Crippen molar-refractivity contribution in [3.63, 3.8) is 0 Å². The first-order valence-corrected chi connectivity index (χ1v) is 7.88. The van der Waals surface area contributed by atoms with Gasteiger partial charge in [-0.15, -0.1) is 0 Å². The summed E-state index contributed by atoms with van der Waals surface area (Å²) in [5.41, 5.74) is 0.597. The van der Waals surface area contributed by atoms with Crippen molar-refractivity contribution in [2.75, 3.05) is 13.2 Å². The highest BCUT2D eigenvalue weighted by molar-refractivity contribution is 7.08. The number of benzene rings is 1. The van der Waals surface area contributed by atoms with Crippen LogP contribution in [0.1, 0.15) is 23.7 Å². The van der Waals surface area contributed by atoms with Gasteiger partial charge in [0.15, 0.2) is 11.5 Å². The zero-order valence-corrected chi connectivity index (χ0v) is 13.0. The maximum atomic E-state index is 11.8. The maximum absolute atomic E-state index is 11.8. The minimum absolute atomic E-state index is 0.0936. The molecule has 2 rings (SSSR count). The van der Waals surface area contributed by atoms with E-state index in [0.29, 0.717) is 23.7 Å². The van der Waals surface area contributed by atoms with Crippen LogP contribution in [0.2, 0.25) is 0 Å². The standard InChI is InChI=1S/C16H17NO4S/c1-2-20-13-5-3-4-6-14(13)21-15(18)7-9-17-16(19)12-8-10-22-11-12/h3-6,8,10-11H,2,7,9H2,1H3,(H,17,19). The zero-order valence-electron chi connectivity index (χ0n) is 12.2. The number of hydrogen-bond acceptors (Lipinski definition) is 5. The Bertz CT molecular complexity index is 625. The molecule has 6 heteroatoms. The highest BCUT2D eigenvalue weighted by Crippen LogP contribution is 2.26. The van der Waals surface area contributed by atoms with E-state index in [4.69, 9.17) is 9.47 Å². The molecule has 0 saturated carbocycles. The third kappa shape index (κ3) is 4.60. The number of rotatable bonds is 7. The van der Waals surface area contributed by atoms with Gasteiger partial charge in [0.1, 0.15) is 0 Å². The van der Waals surface area contributed by atoms with Gasteiger partial charge in [0.2, 0.25) is 0 Å². The Hall–Kier alpha value is -2.34. The second kappa shape index (κ2) is 8.19. The largest absolute Gasteiger partial charge is 0.490 e. The van der Waals surface area contributed by atoms with Crippen molar-refractivity contribution in [2.24, 2.45) is 0 Å². The van der Waals surface area contributed by atoms with E-state index in [0.717, 1.165) is 0 Å². The quantitative estimate of drug-likeness (QED) is 0.629. The molecule has 5 nitrogen and oxygen atoms in total. The molecule has 0 aliphatic carbocycles. The van der Waals surface area contributed by atoms with Crippen LogP contribution >= 0.6 is 11.3 Å². The molecule has 0 aliphatic rings. The zero-order chi connectivity index (χ0) is 15.8. The molecule has 0 bridgehead atoms. The van der Waals surface area contributed by atoms with Gasteiger partial charge in [-0.3, -0.25) is 9.59 Å². The van der Waals surface area contributed by atoms with Gasteiger partial charge >= 0.3 is 5.97 Å². The van der Waals surface area contributed by atoms with Gasteiger partial charge in [-0.25, -0.2) is 0 Å². The Kier molecular flexibility index (Phi) is 5.97. The average molecular weight is 319 g/mol. The van der Waals surface area contributed by atoms with E-state index in [1.807, 2.05) is 18.4 Å². The molecule has 1 amide bonds. The Morgan fingerprint density at radius 2 is 1.95 bits per heavy atom. The summed E-state index contributed by atoms with van der Waals surface area (Å²) in [6, 6.07) is 8.72. The first kappa shape index (κ1) is 16.0. The van der Waals surface area contributed by atoms with Gasteiger partial charge < -0.3 is 14.8 Å². The summed E-state index contributed by atoms with van der Waals surface area (Å²) in [4.78, 5) is 23.5. The smallest absolute Gasteiger partial charge is 0.313 e. The van der Waals surface area contributed by atoms with Crippen molar-refractivity contribution >= 4 is 23.2 Å². The Morgan fingerprint density at radius 3 is 2.64 bits per heavy atom. The van der Waals surface area contributed by atoms with Gasteiger partial charge in [0.05, 0.1) is 13.0 Å². The van der Waals surface area contributed by atoms with E-state index in [-0.39, 0.29) is 18.9 Å². The molecule has 22 heavy (non-hydrogen) atoms. The second-order valence-electron chi connectivity index (χ2n) is 4.37. The third-order valence-corrected chi connectivity index (χ3v) is 3.45. The molecule has 1 aromatic heterocycles. The molecule has 0 fully saturated rings. The maximum Gasteiger partial charge on any atom is 0.313 e. The lowest BCUT2D eigenvalue weighted by Gasteiger charge is -2.10. The fourth-order valence-electron chi connectivity index (χ4n) is 1.76. The molecule has 116 valence electrons. The molecule has 2 aromatic rings. The molecule has 0 saturated heterocycles. The number of esters is 1. The van der Waals surface area contributed by atoms with E-state index in [1.54, 1.807) is 29.6 Å². The first-order chi connectivity index (χ1) is 10.7. The number of carbonyl (C=O) groups is 2. The van der Waals surface area contributed by atoms with Crippen molar-refractivity contribution < 1.29 is 19.1 Å². The van der Waals surface area contributed by atoms with Gasteiger partial charge in [0, 0.05) is 17.5 Å². The molecular formula is C16H17NO4S. The van der Waals surface area contributed by atoms with Crippen LogP contribution in [0.3, 0.4) is 0 Å². The average Bonchev–Trinajstić information content (AvgIpc) is 3.04. The number of nitrogens with one attached hydrogen (secondary N) is 1. The van der Waals surface area contributed by atoms with Crippen LogP contribution in [0.25, 0.3) is 0 Å². The van der Waals surface area contributed by atoms with Gasteiger partial charge in [-0.05, 0) is 30.5 Å². The van der Waals surface area contributed by atoms with E-state index in [9.17, 15) is 9.59 Å². The number of carbonyl (C=O) groups excluding carboxylic acids is 2. The summed E-state index contributed by atoms with van der Waals surface area (Å²) in [5.74, 6) is 0.306. The van der Waals surface area contributed by atoms with Crippen LogP contribution in [-0.2, 0) is 4.79 Å². The minimum Gasteiger partial charge on any atom is -0.490 e. The van der Waals surface area contributed by atoms with Crippen LogP contribution < -0.4 is 14.8 Å². The molecular weight excluding hydrogens is 302 g/mol. The van der Waals surface area contributed by atoms with Gasteiger partial charge in [0.25, 0.3) is 5.91 Å². The number of thiophene rings is 1. The molecule has 1 N–H and O–H groups in total. The number of para-hydroxylation sites is 2. The van der Waals surface area contributed by atoms with E-state index in [1.165, 1.54) is 11.3 Å². The van der Waals surface area contributed by atoms with E-state index in [2.05, 4.69) is 5.32 Å². The summed E-state index contributed by atoms with van der Waals surface area (Å²) in [6.07, 6.45) is 0.0936. The van der Waals surface area contributed by atoms with Crippen molar-refractivity contribution in [3.05, 3.63) is 46.7 Å². The fourth-order valence-corrected chi connectivity index (χ4v) is 2.39. The summed E-state index contributed by atoms with van der Waals surface area (Å²) < 4.78 is 10.6. The van der Waals surface area contributed by atoms with Crippen LogP contribution in [0.4, 0.5) is 0 Å². The highest BCUT2D eigenvalue weighted by Gasteiger charge is 2.11. The summed E-state index contributed by atoms with van der Waals surface area (Å²) in [7, 11) is 0. The molecule has 0 atom stereocenters. The van der Waals surface area contributed by atoms with Crippen LogP contribution in [-0.4, -0.2) is 25.0 Å². The van der Waals surface area contributed by atoms with Crippen molar-refractivity contribution in [3.8, 4) is 11.5 Å². The highest BCUT2D eigenvalue weighted by atomic mass is 32.1. The first-order valence-electron chi connectivity index (χ1n) is 6.93. The molecule has 1 heterocycles. The van der Waals surface area contributed by atoms with Gasteiger partial charge in [-0.2, -0.15) is 11.3 Å². The van der Waals surface area contributed by atoms with Crippen LogP contribution in [0.5, 0.6) is 11.5 Å². The number of amides is 1. The lowest BCUT2D eigenvalue weighted by Crippen LogP contribution is -2.26. The Balaban J connectivity index is 1.80. The summed E-state index contributed by atoms with van der Waals surface area (Å²) in [6.45, 7) is 2.58. The van der Waals surface area contributed by atoms with Crippen LogP contribution in [0, 0.1) is 0 Å². The SMILES string of the molecule is CCOc1ccccc1OC(=O)CCNC(=O)c1ccsc1. The number of ether oxygens (including phenoxy) is 2. The lowest BCUT2D eigenvalue weighted by molar-refractivity contribution is -0.134. The predicted octanol–water partition coefficient (Wildman–Crippen LogP) is 2.87. The van der Waals surface area contributed by atoms with Crippen molar-refractivity contribution in [1.29, 1.82) is 0 Å². The normalized spacial score (nSPS) is 10.0. The van der Waals surface area contributed by atoms with Gasteiger partial charge in [-0.1, -0.05) is 12.1 Å². The summed E-state index contributed by atoms with van der Waals surface area (Å²) >= 11 is 1.45. The second-order valence-corrected chi connectivity index (χ2v) is 5.15. The molecule has 1 aromatic carbocycles. The predicted molar refractivity (Wildman–Crippen MR) is 84.5 cm³/mol. The van der Waals surface area contributed by atoms with Crippen molar-refractivity contribution in [2.45, 2.75) is 13.3 Å².